The van der Waals surface area contributed by atoms with Crippen molar-refractivity contribution in [3.05, 3.63) is 30.2 Å². The van der Waals surface area contributed by atoms with Gasteiger partial charge in [0.2, 0.25) is 0 Å². The SMILES string of the molecule is C[CH-]Cl.[C-]1=CC=CC1.[Zr+2]. The maximum Gasteiger partial charge on any atom is 2.00 e. The first kappa shape index (κ1) is 12.3. The first-order chi connectivity index (χ1) is 3.91. The van der Waals surface area contributed by atoms with Crippen LogP contribution in [0.3, 0.4) is 0 Å². The Morgan fingerprint density at radius 3 is 2.33 bits per heavy atom. The first-order valence-corrected chi connectivity index (χ1v) is 2.95. The van der Waals surface area contributed by atoms with Gasteiger partial charge in [0.25, 0.3) is 0 Å². The van der Waals surface area contributed by atoms with Crippen molar-refractivity contribution in [2.75, 3.05) is 0 Å². The molecule has 1 aliphatic carbocycles. The van der Waals surface area contributed by atoms with Crippen LogP contribution in [0.4, 0.5) is 0 Å². The van der Waals surface area contributed by atoms with Crippen molar-refractivity contribution in [2.45, 2.75) is 13.3 Å². The van der Waals surface area contributed by atoms with Crippen LogP contribution in [0, 0.1) is 12.0 Å². The Morgan fingerprint density at radius 1 is 1.67 bits per heavy atom. The number of allylic oxidation sites excluding steroid dienone is 4. The van der Waals surface area contributed by atoms with Gasteiger partial charge in [0, 0.05) is 0 Å². The van der Waals surface area contributed by atoms with Crippen LogP contribution in [0.2, 0.25) is 0 Å². The Morgan fingerprint density at radius 2 is 2.22 bits per heavy atom. The summed E-state index contributed by atoms with van der Waals surface area (Å²) in [4.78, 5) is 0. The smallest absolute Gasteiger partial charge is 0.349 e. The quantitative estimate of drug-likeness (QED) is 0.550. The number of hydrogen-bond donors (Lipinski definition) is 0. The first-order valence-electron chi connectivity index (χ1n) is 2.51. The molecule has 9 heavy (non-hydrogen) atoms. The summed E-state index contributed by atoms with van der Waals surface area (Å²) in [6, 6.07) is 0. The molecule has 0 bridgehead atoms. The van der Waals surface area contributed by atoms with Gasteiger partial charge < -0.3 is 11.6 Å². The summed E-state index contributed by atoms with van der Waals surface area (Å²) in [7, 11) is 0. The minimum atomic E-state index is 0. The van der Waals surface area contributed by atoms with Crippen LogP contribution >= 0.6 is 11.6 Å². The fourth-order valence-corrected chi connectivity index (χ4v) is 0.340. The molecule has 0 N–H and O–H groups in total. The van der Waals surface area contributed by atoms with Crippen molar-refractivity contribution in [2.24, 2.45) is 0 Å². The van der Waals surface area contributed by atoms with Gasteiger partial charge in [-0.15, -0.1) is 6.42 Å². The molecule has 0 radical (unpaired) electrons. The average Bonchev–Trinajstić information content (AvgIpc) is 2.17. The summed E-state index contributed by atoms with van der Waals surface area (Å²) in [5.41, 5.74) is 0. The fourth-order valence-electron chi connectivity index (χ4n) is 0.340. The van der Waals surface area contributed by atoms with Crippen molar-refractivity contribution in [1.29, 1.82) is 0 Å². The van der Waals surface area contributed by atoms with E-state index in [-0.39, 0.29) is 26.2 Å². The van der Waals surface area contributed by atoms with E-state index in [9.17, 15) is 0 Å². The van der Waals surface area contributed by atoms with Crippen molar-refractivity contribution >= 4 is 11.6 Å². The third kappa shape index (κ3) is 12.0. The summed E-state index contributed by atoms with van der Waals surface area (Å²) in [6.07, 6.45) is 10.0. The van der Waals surface area contributed by atoms with Crippen molar-refractivity contribution in [3.63, 3.8) is 0 Å². The van der Waals surface area contributed by atoms with Gasteiger partial charge in [0.1, 0.15) is 0 Å². The van der Waals surface area contributed by atoms with Crippen molar-refractivity contribution in [1.82, 2.24) is 0 Å². The summed E-state index contributed by atoms with van der Waals surface area (Å²) in [5, 5.41) is 0. The van der Waals surface area contributed by atoms with Gasteiger partial charge in [-0.1, -0.05) is 0 Å². The monoisotopic (exact) mass is 218 g/mol. The van der Waals surface area contributed by atoms with Gasteiger partial charge in [-0.25, -0.2) is 18.0 Å². The van der Waals surface area contributed by atoms with Crippen LogP contribution in [0.5, 0.6) is 0 Å². The van der Waals surface area contributed by atoms with E-state index in [1.54, 1.807) is 6.92 Å². The number of hydrogen-bond acceptors (Lipinski definition) is 0. The van der Waals surface area contributed by atoms with E-state index in [1.165, 1.54) is 5.88 Å². The summed E-state index contributed by atoms with van der Waals surface area (Å²) >= 11 is 4.87. The van der Waals surface area contributed by atoms with Gasteiger partial charge in [-0.3, -0.25) is 6.08 Å². The minimum Gasteiger partial charge on any atom is -0.349 e. The van der Waals surface area contributed by atoms with Crippen LogP contribution < -0.4 is 0 Å². The van der Waals surface area contributed by atoms with E-state index >= 15 is 0 Å². The minimum absolute atomic E-state index is 0. The maximum absolute atomic E-state index is 4.87. The Kier molecular flexibility index (Phi) is 15.7. The molecule has 1 rings (SSSR count). The van der Waals surface area contributed by atoms with E-state index in [4.69, 9.17) is 11.6 Å². The molecule has 0 nitrogen and oxygen atoms in total. The molecule has 48 valence electrons. The Labute approximate surface area is 81.1 Å². The zero-order valence-corrected chi connectivity index (χ0v) is 8.61. The molecule has 0 atom stereocenters. The Balaban J connectivity index is 0. The third-order valence-corrected chi connectivity index (χ3v) is 0.586. The molecule has 0 amide bonds. The Bertz CT molecular complexity index is 76.9. The zero-order chi connectivity index (χ0) is 6.24. The largest absolute Gasteiger partial charge is 2.00 e. The molecule has 0 aliphatic heterocycles. The maximum atomic E-state index is 4.87. The average molecular weight is 220 g/mol. The molecule has 1 aliphatic rings. The molecule has 2 heteroatoms. The van der Waals surface area contributed by atoms with Crippen molar-refractivity contribution < 1.29 is 26.2 Å². The van der Waals surface area contributed by atoms with E-state index in [0.29, 0.717) is 0 Å². The van der Waals surface area contributed by atoms with Crippen LogP contribution in [0.25, 0.3) is 0 Å². The fraction of sp³-hybridized carbons (Fsp3) is 0.286. The van der Waals surface area contributed by atoms with Gasteiger partial charge in [-0.05, 0) is 0 Å². The molecule has 0 spiro atoms. The summed E-state index contributed by atoms with van der Waals surface area (Å²) < 4.78 is 0. The van der Waals surface area contributed by atoms with E-state index in [1.807, 2.05) is 12.2 Å². The Hall–Kier alpha value is 0.653. The van der Waals surface area contributed by atoms with Gasteiger partial charge in [0.05, 0.1) is 0 Å². The molecule has 0 aromatic heterocycles. The van der Waals surface area contributed by atoms with Crippen LogP contribution in [-0.4, -0.2) is 0 Å². The number of halogens is 1. The van der Waals surface area contributed by atoms with Crippen LogP contribution in [-0.2, 0) is 26.2 Å². The topological polar surface area (TPSA) is 0 Å². The second-order valence-corrected chi connectivity index (χ2v) is 1.66. The predicted octanol–water partition coefficient (Wildman–Crippen LogP) is 2.71. The van der Waals surface area contributed by atoms with Crippen LogP contribution in [0.15, 0.2) is 18.2 Å². The molecule has 0 saturated heterocycles. The predicted molar refractivity (Wildman–Crippen MR) is 37.4 cm³/mol. The van der Waals surface area contributed by atoms with Gasteiger partial charge in [0.15, 0.2) is 0 Å². The number of rotatable bonds is 0. The molecule has 0 fully saturated rings. The summed E-state index contributed by atoms with van der Waals surface area (Å²) in [6.45, 7) is 1.77. The molecular formula is C7H9ClZr. The van der Waals surface area contributed by atoms with Gasteiger partial charge >= 0.3 is 26.2 Å². The van der Waals surface area contributed by atoms with E-state index in [2.05, 4.69) is 12.2 Å². The van der Waals surface area contributed by atoms with E-state index in [0.717, 1.165) is 6.42 Å². The normalized spacial score (nSPS) is 11.8. The van der Waals surface area contributed by atoms with Crippen LogP contribution in [0.1, 0.15) is 13.3 Å². The van der Waals surface area contributed by atoms with Gasteiger partial charge in [-0.2, -0.15) is 13.0 Å². The second kappa shape index (κ2) is 11.4. The third-order valence-electron chi connectivity index (χ3n) is 0.586. The zero-order valence-electron chi connectivity index (χ0n) is 5.39. The molecule has 0 unspecified atom stereocenters. The molecule has 0 heterocycles. The molecule has 0 aromatic rings. The standard InChI is InChI=1S/C5H5.C2H4Cl.Zr/c1-2-4-5-3-1;1-2-3;/h1-3H,4H2;2H,1H3;/q2*-1;+2. The van der Waals surface area contributed by atoms with Crippen molar-refractivity contribution in [3.8, 4) is 0 Å². The molecule has 0 aromatic carbocycles. The van der Waals surface area contributed by atoms with E-state index < -0.39 is 0 Å². The summed E-state index contributed by atoms with van der Waals surface area (Å²) in [5.74, 6) is 1.47. The molecular weight excluding hydrogens is 211 g/mol. The second-order valence-electron chi connectivity index (χ2n) is 1.22. The molecule has 0 saturated carbocycles.